The van der Waals surface area contributed by atoms with Crippen LogP contribution in [0.15, 0.2) is 144 Å². The zero-order chi connectivity index (χ0) is 29.9. The predicted octanol–water partition coefficient (Wildman–Crippen LogP) is 13.1. The maximum Gasteiger partial charge on any atom is 0.136 e. The van der Waals surface area contributed by atoms with Gasteiger partial charge < -0.3 is 8.98 Å². The van der Waals surface area contributed by atoms with Crippen LogP contribution in [0, 0.1) is 0 Å². The molecule has 214 valence electrons. The lowest BCUT2D eigenvalue weighted by Crippen LogP contribution is -1.93. The fourth-order valence-corrected chi connectivity index (χ4v) is 9.90. The van der Waals surface area contributed by atoms with Gasteiger partial charge in [-0.15, -0.1) is 22.7 Å². The molecule has 0 unspecified atom stereocenters. The molecule has 0 bridgehead atoms. The molecular weight excluding hydrogens is 599 g/mol. The van der Waals surface area contributed by atoms with E-state index in [1.54, 1.807) is 0 Å². The molecular formula is C42H23NOS2. The standard InChI is InChI=1S/C42H23NOS2/c1-4-13-35-27(8-1)33-22-34-30-10-3-6-15-39(30)45-41(34)23-36(33)43(35)25-17-19-31-32-12-7-11-26(42(32)46-40(31)21-25)24-16-18-29-28-9-2-5-14-37(28)44-38(29)20-24/h1-23H. The molecule has 11 rings (SSSR count). The van der Waals surface area contributed by atoms with Crippen LogP contribution < -0.4 is 0 Å². The van der Waals surface area contributed by atoms with Crippen LogP contribution in [0.4, 0.5) is 0 Å². The van der Waals surface area contributed by atoms with E-state index in [2.05, 4.69) is 132 Å². The molecule has 2 nitrogen and oxygen atoms in total. The summed E-state index contributed by atoms with van der Waals surface area (Å²) in [6.45, 7) is 0. The normalized spacial score (nSPS) is 12.3. The average molecular weight is 622 g/mol. The molecule has 0 aliphatic heterocycles. The maximum absolute atomic E-state index is 6.26. The van der Waals surface area contributed by atoms with Crippen molar-refractivity contribution < 1.29 is 4.42 Å². The third-order valence-corrected chi connectivity index (χ3v) is 11.9. The van der Waals surface area contributed by atoms with Gasteiger partial charge in [-0.2, -0.15) is 0 Å². The van der Waals surface area contributed by atoms with Gasteiger partial charge in [0.1, 0.15) is 11.2 Å². The van der Waals surface area contributed by atoms with E-state index >= 15 is 0 Å². The first-order chi connectivity index (χ1) is 22.8. The van der Waals surface area contributed by atoms with Crippen LogP contribution in [-0.2, 0) is 0 Å². The Bertz CT molecular complexity index is 3040. The van der Waals surface area contributed by atoms with Gasteiger partial charge >= 0.3 is 0 Å². The van der Waals surface area contributed by atoms with E-state index in [1.165, 1.54) is 79.0 Å². The number of thiophene rings is 2. The molecule has 0 aliphatic rings. The molecule has 11 aromatic rings. The van der Waals surface area contributed by atoms with Crippen molar-refractivity contribution in [3.63, 3.8) is 0 Å². The van der Waals surface area contributed by atoms with Crippen molar-refractivity contribution in [3.05, 3.63) is 140 Å². The Morgan fingerprint density at radius 3 is 2.11 bits per heavy atom. The second-order valence-electron chi connectivity index (χ2n) is 12.1. The fraction of sp³-hybridized carbons (Fsp3) is 0. The smallest absolute Gasteiger partial charge is 0.136 e. The summed E-state index contributed by atoms with van der Waals surface area (Å²) >= 11 is 3.76. The molecule has 0 saturated heterocycles. The molecule has 0 atom stereocenters. The molecule has 7 aromatic carbocycles. The number of benzene rings is 7. The molecule has 0 radical (unpaired) electrons. The maximum atomic E-state index is 6.26. The Balaban J connectivity index is 1.13. The van der Waals surface area contributed by atoms with Crippen molar-refractivity contribution in [1.82, 2.24) is 4.57 Å². The van der Waals surface area contributed by atoms with E-state index in [-0.39, 0.29) is 0 Å². The number of furan rings is 1. The van der Waals surface area contributed by atoms with Crippen molar-refractivity contribution in [1.29, 1.82) is 0 Å². The van der Waals surface area contributed by atoms with Gasteiger partial charge in [-0.25, -0.2) is 0 Å². The summed E-state index contributed by atoms with van der Waals surface area (Å²) in [4.78, 5) is 0. The summed E-state index contributed by atoms with van der Waals surface area (Å²) in [7, 11) is 0. The molecule has 0 spiro atoms. The van der Waals surface area contributed by atoms with Crippen LogP contribution in [0.1, 0.15) is 0 Å². The lowest BCUT2D eigenvalue weighted by atomic mass is 10.0. The summed E-state index contributed by atoms with van der Waals surface area (Å²) in [5.41, 5.74) is 7.96. The van der Waals surface area contributed by atoms with Gasteiger partial charge in [-0.05, 0) is 65.7 Å². The number of fused-ring (bicyclic) bond motifs is 12. The van der Waals surface area contributed by atoms with E-state index in [9.17, 15) is 0 Å². The predicted molar refractivity (Wildman–Crippen MR) is 199 cm³/mol. The van der Waals surface area contributed by atoms with E-state index in [1.807, 2.05) is 34.8 Å². The van der Waals surface area contributed by atoms with Crippen LogP contribution in [0.2, 0.25) is 0 Å². The molecule has 0 fully saturated rings. The van der Waals surface area contributed by atoms with E-state index in [0.717, 1.165) is 21.9 Å². The summed E-state index contributed by atoms with van der Waals surface area (Å²) in [6, 6.07) is 51.0. The number of hydrogen-bond acceptors (Lipinski definition) is 3. The molecule has 4 aromatic heterocycles. The van der Waals surface area contributed by atoms with Crippen LogP contribution in [0.25, 0.3) is 101 Å². The quantitative estimate of drug-likeness (QED) is 0.188. The van der Waals surface area contributed by atoms with E-state index < -0.39 is 0 Å². The largest absolute Gasteiger partial charge is 0.456 e. The Morgan fingerprint density at radius 1 is 0.413 bits per heavy atom. The highest BCUT2D eigenvalue weighted by atomic mass is 32.1. The minimum absolute atomic E-state index is 0.929. The zero-order valence-corrected chi connectivity index (χ0v) is 26.1. The Kier molecular flexibility index (Phi) is 4.90. The molecule has 46 heavy (non-hydrogen) atoms. The second kappa shape index (κ2) is 9.07. The van der Waals surface area contributed by atoms with Crippen molar-refractivity contribution in [2.45, 2.75) is 0 Å². The second-order valence-corrected chi connectivity index (χ2v) is 14.2. The van der Waals surface area contributed by atoms with Gasteiger partial charge in [0.05, 0.1) is 11.0 Å². The Labute approximate surface area is 270 Å². The number of hydrogen-bond donors (Lipinski definition) is 0. The summed E-state index contributed by atoms with van der Waals surface area (Å²) < 4.78 is 14.0. The highest BCUT2D eigenvalue weighted by Gasteiger charge is 2.18. The highest BCUT2D eigenvalue weighted by molar-refractivity contribution is 7.26. The summed E-state index contributed by atoms with van der Waals surface area (Å²) in [5, 5.41) is 10.2. The van der Waals surface area contributed by atoms with Crippen molar-refractivity contribution in [2.24, 2.45) is 0 Å². The molecule has 0 aliphatic carbocycles. The number of rotatable bonds is 2. The summed E-state index contributed by atoms with van der Waals surface area (Å²) in [5.74, 6) is 0. The van der Waals surface area contributed by atoms with Gasteiger partial charge in [0.2, 0.25) is 0 Å². The first-order valence-electron chi connectivity index (χ1n) is 15.5. The first-order valence-corrected chi connectivity index (χ1v) is 17.1. The van der Waals surface area contributed by atoms with Gasteiger partial charge in [-0.1, -0.05) is 84.9 Å². The van der Waals surface area contributed by atoms with Gasteiger partial charge in [0, 0.05) is 67.6 Å². The molecule has 0 N–H and O–H groups in total. The van der Waals surface area contributed by atoms with Gasteiger partial charge in [0.15, 0.2) is 0 Å². The third kappa shape index (κ3) is 3.35. The topological polar surface area (TPSA) is 18.1 Å². The fourth-order valence-electron chi connectivity index (χ4n) is 7.51. The number of para-hydroxylation sites is 2. The average Bonchev–Trinajstić information content (AvgIpc) is 3.85. The number of aromatic nitrogens is 1. The minimum atomic E-state index is 0.929. The first kappa shape index (κ1) is 24.8. The molecule has 0 saturated carbocycles. The van der Waals surface area contributed by atoms with Crippen LogP contribution in [-0.4, -0.2) is 4.57 Å². The lowest BCUT2D eigenvalue weighted by Gasteiger charge is -2.08. The minimum Gasteiger partial charge on any atom is -0.456 e. The van der Waals surface area contributed by atoms with Gasteiger partial charge in [-0.3, -0.25) is 0 Å². The van der Waals surface area contributed by atoms with E-state index in [4.69, 9.17) is 4.42 Å². The van der Waals surface area contributed by atoms with Crippen molar-refractivity contribution in [3.8, 4) is 16.8 Å². The van der Waals surface area contributed by atoms with Crippen LogP contribution in [0.5, 0.6) is 0 Å². The number of nitrogens with zero attached hydrogens (tertiary/aromatic N) is 1. The molecule has 4 heterocycles. The zero-order valence-electron chi connectivity index (χ0n) is 24.5. The molecule has 4 heteroatoms. The summed E-state index contributed by atoms with van der Waals surface area (Å²) in [6.07, 6.45) is 0. The third-order valence-electron chi connectivity index (χ3n) is 9.60. The molecule has 0 amide bonds. The lowest BCUT2D eigenvalue weighted by molar-refractivity contribution is 0.669. The van der Waals surface area contributed by atoms with Crippen LogP contribution >= 0.6 is 22.7 Å². The van der Waals surface area contributed by atoms with Crippen molar-refractivity contribution >= 4 is 107 Å². The van der Waals surface area contributed by atoms with E-state index in [0.29, 0.717) is 0 Å². The highest BCUT2D eigenvalue weighted by Crippen LogP contribution is 2.44. The van der Waals surface area contributed by atoms with Crippen LogP contribution in [0.3, 0.4) is 0 Å². The SMILES string of the molecule is c1ccc2c(c1)oc1cc(-c3cccc4c3sc3cc(-n5c6ccccc6c6cc7c(cc65)sc5ccccc57)ccc34)ccc12. The van der Waals surface area contributed by atoms with Crippen molar-refractivity contribution in [2.75, 3.05) is 0 Å². The Morgan fingerprint density at radius 2 is 1.15 bits per heavy atom. The van der Waals surface area contributed by atoms with Gasteiger partial charge in [0.25, 0.3) is 0 Å². The monoisotopic (exact) mass is 621 g/mol. The Hall–Kier alpha value is -5.42.